The molecule has 0 saturated carbocycles. The fourth-order valence-electron chi connectivity index (χ4n) is 1.46. The minimum Gasteiger partial charge on any atom is -0.352 e. The number of halogens is 1. The van der Waals surface area contributed by atoms with Gasteiger partial charge in [0.2, 0.25) is 0 Å². The van der Waals surface area contributed by atoms with Gasteiger partial charge >= 0.3 is 0 Å². The van der Waals surface area contributed by atoms with Gasteiger partial charge in [-0.05, 0) is 18.2 Å². The minimum absolute atomic E-state index is 0.0176. The number of epoxide rings is 1. The average molecular weight is 239 g/mol. The minimum atomic E-state index is -0.750. The molecule has 1 heterocycles. The number of ether oxygens (including phenoxy) is 1. The fraction of sp³-hybridized carbons (Fsp3) is 0.300. The third kappa shape index (κ3) is 1.27. The van der Waals surface area contributed by atoms with E-state index in [-0.39, 0.29) is 11.9 Å². The van der Waals surface area contributed by atoms with Gasteiger partial charge in [-0.3, -0.25) is 4.79 Å². The number of carbonyl (C=O) groups excluding carboxylic acids is 1. The van der Waals surface area contributed by atoms with E-state index in [1.165, 1.54) is 6.08 Å². The molecule has 0 aromatic heterocycles. The SMILES string of the molecule is C#CCC1OC12C=C(Br)C=CC2=O. The average Bonchev–Trinajstić information content (AvgIpc) is 2.74. The highest BCUT2D eigenvalue weighted by Gasteiger charge is 2.60. The number of ketones is 1. The summed E-state index contributed by atoms with van der Waals surface area (Å²) in [4.78, 5) is 11.5. The van der Waals surface area contributed by atoms with Gasteiger partial charge in [-0.1, -0.05) is 15.9 Å². The zero-order valence-corrected chi connectivity index (χ0v) is 8.37. The summed E-state index contributed by atoms with van der Waals surface area (Å²) >= 11 is 3.30. The van der Waals surface area contributed by atoms with Crippen LogP contribution >= 0.6 is 15.9 Å². The maximum Gasteiger partial charge on any atom is 0.194 e. The monoisotopic (exact) mass is 238 g/mol. The molecule has 66 valence electrons. The Morgan fingerprint density at radius 1 is 1.69 bits per heavy atom. The van der Waals surface area contributed by atoms with Crippen molar-refractivity contribution in [2.75, 3.05) is 0 Å². The maximum atomic E-state index is 11.5. The lowest BCUT2D eigenvalue weighted by atomic mass is 9.94. The van der Waals surface area contributed by atoms with Crippen LogP contribution in [0.1, 0.15) is 6.42 Å². The highest BCUT2D eigenvalue weighted by Crippen LogP contribution is 2.44. The third-order valence-electron chi connectivity index (χ3n) is 2.19. The van der Waals surface area contributed by atoms with Gasteiger partial charge in [0.1, 0.15) is 6.10 Å². The van der Waals surface area contributed by atoms with Crippen LogP contribution in [0.5, 0.6) is 0 Å². The van der Waals surface area contributed by atoms with Crippen LogP contribution in [-0.4, -0.2) is 17.5 Å². The Bertz CT molecular complexity index is 362. The number of carbonyl (C=O) groups is 1. The van der Waals surface area contributed by atoms with Crippen LogP contribution in [0, 0.1) is 12.3 Å². The molecule has 0 bridgehead atoms. The zero-order chi connectivity index (χ0) is 9.47. The van der Waals surface area contributed by atoms with E-state index in [0.717, 1.165) is 4.48 Å². The molecule has 1 spiro atoms. The Balaban J connectivity index is 2.23. The molecule has 1 aliphatic heterocycles. The second-order valence-electron chi connectivity index (χ2n) is 3.03. The number of rotatable bonds is 1. The van der Waals surface area contributed by atoms with Crippen LogP contribution < -0.4 is 0 Å². The Morgan fingerprint density at radius 3 is 3.15 bits per heavy atom. The number of hydrogen-bond acceptors (Lipinski definition) is 2. The van der Waals surface area contributed by atoms with Crippen molar-refractivity contribution in [3.05, 3.63) is 22.7 Å². The highest BCUT2D eigenvalue weighted by molar-refractivity contribution is 9.11. The molecule has 2 nitrogen and oxygen atoms in total. The lowest BCUT2D eigenvalue weighted by Gasteiger charge is -2.07. The Labute approximate surface area is 84.8 Å². The van der Waals surface area contributed by atoms with Gasteiger partial charge in [-0.25, -0.2) is 0 Å². The van der Waals surface area contributed by atoms with E-state index in [1.54, 1.807) is 12.2 Å². The Morgan fingerprint density at radius 2 is 2.46 bits per heavy atom. The summed E-state index contributed by atoms with van der Waals surface area (Å²) in [6.07, 6.45) is 10.5. The van der Waals surface area contributed by atoms with E-state index in [1.807, 2.05) is 0 Å². The molecular weight excluding hydrogens is 232 g/mol. The molecule has 3 heteroatoms. The molecule has 0 amide bonds. The summed E-state index contributed by atoms with van der Waals surface area (Å²) in [5, 5.41) is 0. The zero-order valence-electron chi connectivity index (χ0n) is 6.79. The Hall–Kier alpha value is -0.850. The fourth-order valence-corrected chi connectivity index (χ4v) is 1.93. The van der Waals surface area contributed by atoms with E-state index in [9.17, 15) is 4.79 Å². The number of terminal acetylenes is 1. The van der Waals surface area contributed by atoms with Crippen LogP contribution in [0.2, 0.25) is 0 Å². The molecule has 0 N–H and O–H groups in total. The van der Waals surface area contributed by atoms with Crippen LogP contribution in [0.3, 0.4) is 0 Å². The summed E-state index contributed by atoms with van der Waals surface area (Å²) in [5.74, 6) is 2.47. The summed E-state index contributed by atoms with van der Waals surface area (Å²) in [7, 11) is 0. The van der Waals surface area contributed by atoms with E-state index in [4.69, 9.17) is 11.2 Å². The molecule has 0 radical (unpaired) electrons. The first-order chi connectivity index (χ1) is 6.19. The van der Waals surface area contributed by atoms with Crippen molar-refractivity contribution in [2.45, 2.75) is 18.1 Å². The molecule has 0 aromatic rings. The second-order valence-corrected chi connectivity index (χ2v) is 3.95. The lowest BCUT2D eigenvalue weighted by Crippen LogP contribution is -2.25. The molecule has 13 heavy (non-hydrogen) atoms. The molecule has 2 rings (SSSR count). The second kappa shape index (κ2) is 2.83. The van der Waals surface area contributed by atoms with Crippen molar-refractivity contribution >= 4 is 21.7 Å². The molecule has 2 unspecified atom stereocenters. The number of allylic oxidation sites excluding steroid dienone is 2. The quantitative estimate of drug-likeness (QED) is 0.513. The van der Waals surface area contributed by atoms with Crippen molar-refractivity contribution in [1.29, 1.82) is 0 Å². The standard InChI is InChI=1S/C10H7BrO2/c1-2-3-9-10(13-9)6-7(11)4-5-8(10)12/h1,4-6,9H,3H2. The van der Waals surface area contributed by atoms with Crippen LogP contribution in [0.4, 0.5) is 0 Å². The lowest BCUT2D eigenvalue weighted by molar-refractivity contribution is -0.118. The molecule has 1 saturated heterocycles. The van der Waals surface area contributed by atoms with Crippen molar-refractivity contribution in [3.8, 4) is 12.3 Å². The summed E-state index contributed by atoms with van der Waals surface area (Å²) < 4.78 is 6.19. The molecular formula is C10H7BrO2. The van der Waals surface area contributed by atoms with Crippen LogP contribution in [-0.2, 0) is 9.53 Å². The summed E-state index contributed by atoms with van der Waals surface area (Å²) in [6, 6.07) is 0. The van der Waals surface area contributed by atoms with E-state index >= 15 is 0 Å². The van der Waals surface area contributed by atoms with Crippen molar-refractivity contribution < 1.29 is 9.53 Å². The summed E-state index contributed by atoms with van der Waals surface area (Å²) in [5.41, 5.74) is -0.750. The van der Waals surface area contributed by atoms with Gasteiger partial charge in [0.15, 0.2) is 11.4 Å². The van der Waals surface area contributed by atoms with Crippen molar-refractivity contribution in [2.24, 2.45) is 0 Å². The maximum absolute atomic E-state index is 11.5. The van der Waals surface area contributed by atoms with Gasteiger partial charge in [0.05, 0.1) is 0 Å². The van der Waals surface area contributed by atoms with Gasteiger partial charge in [0.25, 0.3) is 0 Å². The molecule has 1 aliphatic carbocycles. The predicted octanol–water partition coefficient (Wildman–Crippen LogP) is 1.56. The van der Waals surface area contributed by atoms with Crippen molar-refractivity contribution in [1.82, 2.24) is 0 Å². The van der Waals surface area contributed by atoms with Gasteiger partial charge in [0, 0.05) is 10.9 Å². The van der Waals surface area contributed by atoms with E-state index in [2.05, 4.69) is 21.9 Å². The first-order valence-corrected chi connectivity index (χ1v) is 4.70. The first-order valence-electron chi connectivity index (χ1n) is 3.91. The summed E-state index contributed by atoms with van der Waals surface area (Å²) in [6.45, 7) is 0. The van der Waals surface area contributed by atoms with E-state index in [0.29, 0.717) is 6.42 Å². The van der Waals surface area contributed by atoms with Crippen LogP contribution in [0.25, 0.3) is 0 Å². The topological polar surface area (TPSA) is 29.6 Å². The Kier molecular flexibility index (Phi) is 1.90. The molecule has 2 atom stereocenters. The van der Waals surface area contributed by atoms with E-state index < -0.39 is 5.60 Å². The predicted molar refractivity (Wildman–Crippen MR) is 52.2 cm³/mol. The smallest absolute Gasteiger partial charge is 0.194 e. The number of hydrogen-bond donors (Lipinski definition) is 0. The largest absolute Gasteiger partial charge is 0.352 e. The van der Waals surface area contributed by atoms with Crippen LogP contribution in [0.15, 0.2) is 22.7 Å². The van der Waals surface area contributed by atoms with Crippen molar-refractivity contribution in [3.63, 3.8) is 0 Å². The normalized spacial score (nSPS) is 35.8. The first kappa shape index (κ1) is 8.74. The molecule has 0 aromatic carbocycles. The molecule has 1 fully saturated rings. The highest BCUT2D eigenvalue weighted by atomic mass is 79.9. The third-order valence-corrected chi connectivity index (χ3v) is 2.69. The van der Waals surface area contributed by atoms with Gasteiger partial charge < -0.3 is 4.74 Å². The van der Waals surface area contributed by atoms with Gasteiger partial charge in [-0.2, -0.15) is 0 Å². The van der Waals surface area contributed by atoms with Gasteiger partial charge in [-0.15, -0.1) is 12.3 Å². The molecule has 2 aliphatic rings.